The highest BCUT2D eigenvalue weighted by molar-refractivity contribution is 8.00. The minimum Gasteiger partial charge on any atom is -0.495 e. The van der Waals surface area contributed by atoms with Gasteiger partial charge in [0.05, 0.1) is 12.0 Å². The average Bonchev–Trinajstić information content (AvgIpc) is 2.26. The molecule has 1 rings (SSSR count). The maximum atomic E-state index is 5.44. The number of methoxy groups -OCH3 is 1. The molecule has 18 heavy (non-hydrogen) atoms. The fraction of sp³-hybridized carbons (Fsp3) is 0.500. The Morgan fingerprint density at radius 1 is 1.44 bits per heavy atom. The molecule has 100 valence electrons. The van der Waals surface area contributed by atoms with Crippen molar-refractivity contribution in [3.63, 3.8) is 0 Å². The van der Waals surface area contributed by atoms with Gasteiger partial charge in [0.25, 0.3) is 0 Å². The smallest absolute Gasteiger partial charge is 0.137 e. The quantitative estimate of drug-likeness (QED) is 0.784. The zero-order valence-electron chi connectivity index (χ0n) is 12.1. The Kier molecular flexibility index (Phi) is 4.68. The Labute approximate surface area is 114 Å². The second-order valence-corrected chi connectivity index (χ2v) is 6.98. The molecule has 0 N–H and O–H groups in total. The van der Waals surface area contributed by atoms with Crippen molar-refractivity contribution in [2.45, 2.75) is 37.3 Å². The standard InChI is InChI=1S/C14H22N2OS/c1-10(2)16-9-12(18-14(3,4)5)11(17-7)8-13(16)15-6/h8-9H,1H2,2-7H3. The second-order valence-electron chi connectivity index (χ2n) is 5.11. The van der Waals surface area contributed by atoms with Crippen LogP contribution in [-0.2, 0) is 0 Å². The Morgan fingerprint density at radius 2 is 2.06 bits per heavy atom. The molecule has 0 aromatic carbocycles. The van der Waals surface area contributed by atoms with Crippen LogP contribution < -0.4 is 10.2 Å². The van der Waals surface area contributed by atoms with Gasteiger partial charge in [-0.15, -0.1) is 11.8 Å². The summed E-state index contributed by atoms with van der Waals surface area (Å²) in [6, 6.07) is 1.95. The topological polar surface area (TPSA) is 26.5 Å². The summed E-state index contributed by atoms with van der Waals surface area (Å²) in [6.07, 6.45) is 2.04. The van der Waals surface area contributed by atoms with Crippen molar-refractivity contribution in [3.8, 4) is 5.75 Å². The van der Waals surface area contributed by atoms with Gasteiger partial charge in [0.15, 0.2) is 0 Å². The molecule has 1 heterocycles. The summed E-state index contributed by atoms with van der Waals surface area (Å²) in [5.41, 5.74) is 1.78. The van der Waals surface area contributed by atoms with Gasteiger partial charge in [-0.2, -0.15) is 0 Å². The molecule has 0 aliphatic carbocycles. The molecule has 0 saturated carbocycles. The van der Waals surface area contributed by atoms with E-state index in [-0.39, 0.29) is 4.75 Å². The van der Waals surface area contributed by atoms with Crippen molar-refractivity contribution in [2.24, 2.45) is 4.99 Å². The predicted molar refractivity (Wildman–Crippen MR) is 79.1 cm³/mol. The van der Waals surface area contributed by atoms with Crippen molar-refractivity contribution < 1.29 is 4.74 Å². The van der Waals surface area contributed by atoms with Gasteiger partial charge in [0.2, 0.25) is 0 Å². The van der Waals surface area contributed by atoms with Gasteiger partial charge in [0.1, 0.15) is 11.2 Å². The fourth-order valence-electron chi connectivity index (χ4n) is 1.55. The third-order valence-electron chi connectivity index (χ3n) is 2.27. The van der Waals surface area contributed by atoms with Crippen molar-refractivity contribution in [1.82, 2.24) is 4.57 Å². The lowest BCUT2D eigenvalue weighted by Crippen LogP contribution is -2.20. The molecule has 0 fully saturated rings. The zero-order chi connectivity index (χ0) is 13.9. The number of aromatic nitrogens is 1. The van der Waals surface area contributed by atoms with Gasteiger partial charge < -0.3 is 9.30 Å². The summed E-state index contributed by atoms with van der Waals surface area (Å²) >= 11 is 1.77. The molecule has 0 atom stereocenters. The maximum absolute atomic E-state index is 5.44. The summed E-state index contributed by atoms with van der Waals surface area (Å²) in [6.45, 7) is 12.5. The molecule has 0 aliphatic rings. The van der Waals surface area contributed by atoms with Crippen LogP contribution in [0.15, 0.2) is 28.7 Å². The van der Waals surface area contributed by atoms with Crippen LogP contribution in [0.1, 0.15) is 27.7 Å². The Balaban J connectivity index is 3.42. The van der Waals surface area contributed by atoms with Crippen LogP contribution in [0.5, 0.6) is 5.75 Å². The number of allylic oxidation sites excluding steroid dienone is 1. The van der Waals surface area contributed by atoms with Crippen LogP contribution in [0, 0.1) is 0 Å². The summed E-state index contributed by atoms with van der Waals surface area (Å²) in [7, 11) is 3.46. The van der Waals surface area contributed by atoms with Gasteiger partial charge in [0, 0.05) is 29.8 Å². The molecule has 4 heteroatoms. The Bertz CT molecular complexity index is 510. The summed E-state index contributed by atoms with van der Waals surface area (Å²) < 4.78 is 7.56. The van der Waals surface area contributed by atoms with Crippen LogP contribution in [0.4, 0.5) is 0 Å². The SMILES string of the molecule is C=C(C)n1cc(SC(C)(C)C)c(OC)cc1=NC. The Hall–Kier alpha value is -1.16. The molecule has 3 nitrogen and oxygen atoms in total. The van der Waals surface area contributed by atoms with E-state index in [4.69, 9.17) is 4.74 Å². The van der Waals surface area contributed by atoms with Gasteiger partial charge in [-0.25, -0.2) is 0 Å². The van der Waals surface area contributed by atoms with E-state index >= 15 is 0 Å². The highest BCUT2D eigenvalue weighted by Crippen LogP contribution is 2.37. The molecule has 1 aromatic heterocycles. The lowest BCUT2D eigenvalue weighted by Gasteiger charge is -2.20. The first kappa shape index (κ1) is 14.9. The molecule has 1 aromatic rings. The minimum absolute atomic E-state index is 0.130. The molecule has 0 bridgehead atoms. The Morgan fingerprint density at radius 3 is 2.44 bits per heavy atom. The first-order chi connectivity index (χ1) is 8.28. The number of ether oxygens (including phenoxy) is 1. The molecule has 0 spiro atoms. The van der Waals surface area contributed by atoms with Crippen molar-refractivity contribution >= 4 is 17.5 Å². The average molecular weight is 266 g/mol. The number of pyridine rings is 1. The number of hydrogen-bond acceptors (Lipinski definition) is 3. The van der Waals surface area contributed by atoms with Crippen LogP contribution in [-0.4, -0.2) is 23.5 Å². The summed E-state index contributed by atoms with van der Waals surface area (Å²) in [5, 5.41) is 0. The lowest BCUT2D eigenvalue weighted by atomic mass is 10.3. The van der Waals surface area contributed by atoms with Gasteiger partial charge in [-0.3, -0.25) is 4.99 Å². The van der Waals surface area contributed by atoms with Gasteiger partial charge in [-0.05, 0) is 6.92 Å². The van der Waals surface area contributed by atoms with E-state index in [1.165, 1.54) is 0 Å². The number of nitrogens with zero attached hydrogens (tertiary/aromatic N) is 2. The van der Waals surface area contributed by atoms with E-state index in [1.807, 2.05) is 23.8 Å². The van der Waals surface area contributed by atoms with E-state index in [2.05, 4.69) is 32.3 Å². The zero-order valence-corrected chi connectivity index (χ0v) is 12.9. The van der Waals surface area contributed by atoms with Crippen molar-refractivity contribution in [2.75, 3.05) is 14.2 Å². The largest absolute Gasteiger partial charge is 0.495 e. The molecular formula is C14H22N2OS. The summed E-state index contributed by atoms with van der Waals surface area (Å²) in [5.74, 6) is 0.855. The fourth-order valence-corrected chi connectivity index (χ4v) is 2.61. The molecular weight excluding hydrogens is 244 g/mol. The van der Waals surface area contributed by atoms with Crippen LogP contribution in [0.3, 0.4) is 0 Å². The minimum atomic E-state index is 0.130. The monoisotopic (exact) mass is 266 g/mol. The molecule has 0 unspecified atom stereocenters. The third kappa shape index (κ3) is 3.67. The van der Waals surface area contributed by atoms with Crippen LogP contribution in [0.2, 0.25) is 0 Å². The predicted octanol–water partition coefficient (Wildman–Crippen LogP) is 3.41. The summed E-state index contributed by atoms with van der Waals surface area (Å²) in [4.78, 5) is 5.35. The van der Waals surface area contributed by atoms with Crippen molar-refractivity contribution in [3.05, 3.63) is 24.3 Å². The molecule has 0 amide bonds. The highest BCUT2D eigenvalue weighted by Gasteiger charge is 2.16. The second kappa shape index (κ2) is 5.65. The molecule has 0 radical (unpaired) electrons. The number of rotatable bonds is 3. The number of thioether (sulfide) groups is 1. The van der Waals surface area contributed by atoms with Crippen LogP contribution in [0.25, 0.3) is 5.70 Å². The number of hydrogen-bond donors (Lipinski definition) is 0. The van der Waals surface area contributed by atoms with E-state index in [1.54, 1.807) is 25.9 Å². The van der Waals surface area contributed by atoms with E-state index in [0.29, 0.717) is 0 Å². The van der Waals surface area contributed by atoms with Gasteiger partial charge in [-0.1, -0.05) is 27.4 Å². The van der Waals surface area contributed by atoms with Gasteiger partial charge >= 0.3 is 0 Å². The third-order valence-corrected chi connectivity index (χ3v) is 3.41. The van der Waals surface area contributed by atoms with E-state index in [0.717, 1.165) is 21.8 Å². The van der Waals surface area contributed by atoms with E-state index in [9.17, 15) is 0 Å². The first-order valence-corrected chi connectivity index (χ1v) is 6.68. The maximum Gasteiger partial charge on any atom is 0.137 e. The van der Waals surface area contributed by atoms with Crippen LogP contribution >= 0.6 is 11.8 Å². The lowest BCUT2D eigenvalue weighted by molar-refractivity contribution is 0.402. The normalized spacial score (nSPS) is 12.7. The highest BCUT2D eigenvalue weighted by atomic mass is 32.2. The van der Waals surface area contributed by atoms with Crippen molar-refractivity contribution in [1.29, 1.82) is 0 Å². The molecule has 0 aliphatic heterocycles. The molecule has 0 saturated heterocycles. The first-order valence-electron chi connectivity index (χ1n) is 5.87. The van der Waals surface area contributed by atoms with E-state index < -0.39 is 0 Å².